The molecular weight excluding hydrogens is 297 g/mol. The maximum atomic E-state index is 12.0. The number of likely N-dealkylation sites (tertiary alicyclic amines) is 1. The SMILES string of the molecule is CC(NC(=O)CN1CCC(N)C1)c1ccccc1Cl.Cl. The van der Waals surface area contributed by atoms with E-state index in [2.05, 4.69) is 10.2 Å². The van der Waals surface area contributed by atoms with Crippen LogP contribution in [0.25, 0.3) is 0 Å². The third-order valence-corrected chi connectivity index (χ3v) is 3.77. The molecule has 1 aromatic carbocycles. The highest BCUT2D eigenvalue weighted by Crippen LogP contribution is 2.22. The normalized spacial score (nSPS) is 20.2. The lowest BCUT2D eigenvalue weighted by atomic mass is 10.1. The lowest BCUT2D eigenvalue weighted by Gasteiger charge is -2.19. The fourth-order valence-corrected chi connectivity index (χ4v) is 2.70. The fraction of sp³-hybridized carbons (Fsp3) is 0.500. The number of amides is 1. The summed E-state index contributed by atoms with van der Waals surface area (Å²) >= 11 is 6.11. The molecule has 0 aromatic heterocycles. The van der Waals surface area contributed by atoms with Crippen molar-refractivity contribution < 1.29 is 4.79 Å². The van der Waals surface area contributed by atoms with E-state index < -0.39 is 0 Å². The highest BCUT2D eigenvalue weighted by molar-refractivity contribution is 6.31. The van der Waals surface area contributed by atoms with Crippen LogP contribution in [0.3, 0.4) is 0 Å². The van der Waals surface area contributed by atoms with E-state index in [4.69, 9.17) is 17.3 Å². The minimum atomic E-state index is -0.0857. The van der Waals surface area contributed by atoms with Crippen LogP contribution < -0.4 is 11.1 Å². The molecule has 1 aliphatic heterocycles. The zero-order valence-electron chi connectivity index (χ0n) is 11.5. The Morgan fingerprint density at radius 2 is 2.25 bits per heavy atom. The number of hydrogen-bond acceptors (Lipinski definition) is 3. The molecule has 0 saturated carbocycles. The van der Waals surface area contributed by atoms with Gasteiger partial charge in [0.25, 0.3) is 0 Å². The van der Waals surface area contributed by atoms with Gasteiger partial charge < -0.3 is 11.1 Å². The van der Waals surface area contributed by atoms with Gasteiger partial charge in [-0.15, -0.1) is 12.4 Å². The molecular formula is C14H21Cl2N3O. The van der Waals surface area contributed by atoms with E-state index >= 15 is 0 Å². The molecule has 2 atom stereocenters. The van der Waals surface area contributed by atoms with Gasteiger partial charge in [-0.05, 0) is 25.0 Å². The Morgan fingerprint density at radius 3 is 2.85 bits per heavy atom. The van der Waals surface area contributed by atoms with E-state index in [9.17, 15) is 4.79 Å². The van der Waals surface area contributed by atoms with Crippen molar-refractivity contribution in [3.8, 4) is 0 Å². The molecule has 1 aliphatic rings. The van der Waals surface area contributed by atoms with Crippen molar-refractivity contribution in [1.82, 2.24) is 10.2 Å². The molecule has 0 bridgehead atoms. The summed E-state index contributed by atoms with van der Waals surface area (Å²) < 4.78 is 0. The highest BCUT2D eigenvalue weighted by atomic mass is 35.5. The van der Waals surface area contributed by atoms with E-state index in [1.807, 2.05) is 31.2 Å². The van der Waals surface area contributed by atoms with Gasteiger partial charge in [-0.1, -0.05) is 29.8 Å². The second kappa shape index (κ2) is 7.84. The first kappa shape index (κ1) is 17.2. The Bertz CT molecular complexity index is 456. The number of nitrogens with one attached hydrogen (secondary N) is 1. The van der Waals surface area contributed by atoms with E-state index in [1.165, 1.54) is 0 Å². The molecule has 0 spiro atoms. The third-order valence-electron chi connectivity index (χ3n) is 3.43. The van der Waals surface area contributed by atoms with Crippen LogP contribution >= 0.6 is 24.0 Å². The summed E-state index contributed by atoms with van der Waals surface area (Å²) in [6.07, 6.45) is 0.966. The molecule has 4 nitrogen and oxygen atoms in total. The first-order chi connectivity index (χ1) is 9.06. The van der Waals surface area contributed by atoms with Crippen LogP contribution in [0, 0.1) is 0 Å². The fourth-order valence-electron chi connectivity index (χ4n) is 2.40. The molecule has 0 aliphatic carbocycles. The quantitative estimate of drug-likeness (QED) is 0.892. The van der Waals surface area contributed by atoms with Crippen molar-refractivity contribution >= 4 is 29.9 Å². The standard InChI is InChI=1S/C14H20ClN3O.ClH/c1-10(12-4-2-3-5-13(12)15)17-14(19)9-18-7-6-11(16)8-18;/h2-5,10-11H,6-9,16H2,1H3,(H,17,19);1H. The maximum absolute atomic E-state index is 12.0. The van der Waals surface area contributed by atoms with E-state index in [-0.39, 0.29) is 30.4 Å². The Labute approximate surface area is 131 Å². The third kappa shape index (κ3) is 4.63. The van der Waals surface area contributed by atoms with Crippen molar-refractivity contribution in [1.29, 1.82) is 0 Å². The first-order valence-corrected chi connectivity index (χ1v) is 6.96. The van der Waals surface area contributed by atoms with Gasteiger partial charge in [0.15, 0.2) is 0 Å². The molecule has 2 unspecified atom stereocenters. The van der Waals surface area contributed by atoms with Crippen molar-refractivity contribution in [3.05, 3.63) is 34.9 Å². The summed E-state index contributed by atoms with van der Waals surface area (Å²) in [6.45, 7) is 4.04. The van der Waals surface area contributed by atoms with Crippen LogP contribution in [0.15, 0.2) is 24.3 Å². The molecule has 2 rings (SSSR count). The number of nitrogens with zero attached hydrogens (tertiary/aromatic N) is 1. The van der Waals surface area contributed by atoms with Crippen LogP contribution in [-0.4, -0.2) is 36.5 Å². The number of benzene rings is 1. The lowest BCUT2D eigenvalue weighted by Crippen LogP contribution is -2.38. The van der Waals surface area contributed by atoms with Gasteiger partial charge in [-0.3, -0.25) is 9.69 Å². The maximum Gasteiger partial charge on any atom is 0.234 e. The second-order valence-electron chi connectivity index (χ2n) is 5.09. The molecule has 1 saturated heterocycles. The Balaban J connectivity index is 0.00000200. The van der Waals surface area contributed by atoms with Crippen LogP contribution in [0.2, 0.25) is 5.02 Å². The van der Waals surface area contributed by atoms with Crippen molar-refractivity contribution in [3.63, 3.8) is 0 Å². The molecule has 1 aromatic rings. The molecule has 6 heteroatoms. The van der Waals surface area contributed by atoms with Gasteiger partial charge in [0.05, 0.1) is 12.6 Å². The van der Waals surface area contributed by atoms with Gasteiger partial charge in [0.2, 0.25) is 5.91 Å². The smallest absolute Gasteiger partial charge is 0.234 e. The van der Waals surface area contributed by atoms with Crippen LogP contribution in [0.1, 0.15) is 24.9 Å². The Hall–Kier alpha value is -0.810. The summed E-state index contributed by atoms with van der Waals surface area (Å²) in [7, 11) is 0. The van der Waals surface area contributed by atoms with Gasteiger partial charge in [0.1, 0.15) is 0 Å². The first-order valence-electron chi connectivity index (χ1n) is 6.58. The predicted octanol–water partition coefficient (Wildman–Crippen LogP) is 1.97. The van der Waals surface area contributed by atoms with Crippen molar-refractivity contribution in [2.75, 3.05) is 19.6 Å². The summed E-state index contributed by atoms with van der Waals surface area (Å²) in [4.78, 5) is 14.0. The van der Waals surface area contributed by atoms with Crippen molar-refractivity contribution in [2.24, 2.45) is 5.73 Å². The predicted molar refractivity (Wildman–Crippen MR) is 84.3 cm³/mol. The molecule has 0 radical (unpaired) electrons. The van der Waals surface area contributed by atoms with Gasteiger partial charge >= 0.3 is 0 Å². The van der Waals surface area contributed by atoms with E-state index in [0.29, 0.717) is 11.6 Å². The van der Waals surface area contributed by atoms with E-state index in [0.717, 1.165) is 25.1 Å². The minimum absolute atomic E-state index is 0. The second-order valence-corrected chi connectivity index (χ2v) is 5.50. The summed E-state index contributed by atoms with van der Waals surface area (Å²) in [5.74, 6) is 0.0153. The Kier molecular flexibility index (Phi) is 6.76. The number of rotatable bonds is 4. The van der Waals surface area contributed by atoms with Crippen LogP contribution in [-0.2, 0) is 4.79 Å². The summed E-state index contributed by atoms with van der Waals surface area (Å²) in [5.41, 5.74) is 6.76. The Morgan fingerprint density at radius 1 is 1.55 bits per heavy atom. The molecule has 20 heavy (non-hydrogen) atoms. The molecule has 1 fully saturated rings. The number of halogens is 2. The van der Waals surface area contributed by atoms with Gasteiger partial charge in [-0.25, -0.2) is 0 Å². The number of carbonyl (C=O) groups excluding carboxylic acids is 1. The van der Waals surface area contributed by atoms with Crippen molar-refractivity contribution in [2.45, 2.75) is 25.4 Å². The van der Waals surface area contributed by atoms with E-state index in [1.54, 1.807) is 0 Å². The summed E-state index contributed by atoms with van der Waals surface area (Å²) in [6, 6.07) is 7.68. The van der Waals surface area contributed by atoms with Crippen LogP contribution in [0.5, 0.6) is 0 Å². The van der Waals surface area contributed by atoms with Crippen LogP contribution in [0.4, 0.5) is 0 Å². The highest BCUT2D eigenvalue weighted by Gasteiger charge is 2.21. The minimum Gasteiger partial charge on any atom is -0.348 e. The zero-order valence-corrected chi connectivity index (χ0v) is 13.1. The molecule has 112 valence electrons. The summed E-state index contributed by atoms with van der Waals surface area (Å²) in [5, 5.41) is 3.65. The monoisotopic (exact) mass is 317 g/mol. The topological polar surface area (TPSA) is 58.4 Å². The zero-order chi connectivity index (χ0) is 13.8. The molecule has 1 amide bonds. The molecule has 1 heterocycles. The number of nitrogens with two attached hydrogens (primary N) is 1. The number of carbonyl (C=O) groups is 1. The van der Waals surface area contributed by atoms with Gasteiger partial charge in [-0.2, -0.15) is 0 Å². The molecule has 3 N–H and O–H groups in total. The largest absolute Gasteiger partial charge is 0.348 e. The average Bonchev–Trinajstić information content (AvgIpc) is 2.74. The van der Waals surface area contributed by atoms with Gasteiger partial charge in [0, 0.05) is 24.2 Å². The lowest BCUT2D eigenvalue weighted by molar-refractivity contribution is -0.122. The average molecular weight is 318 g/mol. The number of hydrogen-bond donors (Lipinski definition) is 2.